The molecular formula is C27H29FO8. The molecule has 0 bridgehead atoms. The lowest BCUT2D eigenvalue weighted by atomic mass is 10.0. The van der Waals surface area contributed by atoms with Crippen LogP contribution in [0.3, 0.4) is 0 Å². The lowest BCUT2D eigenvalue weighted by Crippen LogP contribution is -2.14. The second-order valence-electron chi connectivity index (χ2n) is 7.66. The van der Waals surface area contributed by atoms with Crippen molar-refractivity contribution >= 4 is 17.9 Å². The summed E-state index contributed by atoms with van der Waals surface area (Å²) in [4.78, 5) is 34.6. The molecule has 0 aliphatic carbocycles. The Kier molecular flexibility index (Phi) is 10.7. The largest absolute Gasteiger partial charge is 0.486 e. The monoisotopic (exact) mass is 500 g/mol. The van der Waals surface area contributed by atoms with Crippen molar-refractivity contribution in [2.45, 2.75) is 27.2 Å². The van der Waals surface area contributed by atoms with Gasteiger partial charge in [0.1, 0.15) is 38.0 Å². The van der Waals surface area contributed by atoms with Crippen molar-refractivity contribution in [1.82, 2.24) is 0 Å². The second kappa shape index (κ2) is 13.7. The molecule has 0 N–H and O–H groups in total. The van der Waals surface area contributed by atoms with Gasteiger partial charge in [-0.15, -0.1) is 0 Å². The minimum absolute atomic E-state index is 0.0307. The number of esters is 3. The maximum atomic E-state index is 15.0. The third kappa shape index (κ3) is 8.57. The Morgan fingerprint density at radius 3 is 1.78 bits per heavy atom. The fraction of sp³-hybridized carbons (Fsp3) is 0.296. The van der Waals surface area contributed by atoms with Crippen LogP contribution in [0.1, 0.15) is 27.2 Å². The van der Waals surface area contributed by atoms with E-state index in [-0.39, 0.29) is 67.0 Å². The Bertz CT molecular complexity index is 1120. The van der Waals surface area contributed by atoms with Crippen LogP contribution in [0.5, 0.6) is 17.2 Å². The number of hydrogen-bond acceptors (Lipinski definition) is 8. The van der Waals surface area contributed by atoms with Gasteiger partial charge in [0, 0.05) is 29.2 Å². The highest BCUT2D eigenvalue weighted by Gasteiger charge is 2.16. The van der Waals surface area contributed by atoms with Crippen molar-refractivity contribution in [3.63, 3.8) is 0 Å². The smallest absolute Gasteiger partial charge is 0.333 e. The molecule has 2 aromatic rings. The number of ether oxygens (including phenoxy) is 5. The summed E-state index contributed by atoms with van der Waals surface area (Å²) in [5.74, 6) is -1.50. The number of halogens is 1. The molecule has 0 amide bonds. The minimum atomic E-state index is -0.594. The number of carbonyl (C=O) groups is 3. The third-order valence-corrected chi connectivity index (χ3v) is 4.56. The van der Waals surface area contributed by atoms with Gasteiger partial charge in [-0.1, -0.05) is 32.2 Å². The van der Waals surface area contributed by atoms with Gasteiger partial charge in [-0.3, -0.25) is 4.79 Å². The molecule has 2 aromatic carbocycles. The van der Waals surface area contributed by atoms with Crippen molar-refractivity contribution in [3.8, 4) is 28.4 Å². The minimum Gasteiger partial charge on any atom is -0.486 e. The van der Waals surface area contributed by atoms with Gasteiger partial charge < -0.3 is 23.7 Å². The van der Waals surface area contributed by atoms with Gasteiger partial charge in [0.05, 0.1) is 0 Å². The van der Waals surface area contributed by atoms with E-state index in [1.165, 1.54) is 19.9 Å². The lowest BCUT2D eigenvalue weighted by Gasteiger charge is -2.16. The summed E-state index contributed by atoms with van der Waals surface area (Å²) in [5, 5.41) is 0. The van der Waals surface area contributed by atoms with Crippen LogP contribution in [0.15, 0.2) is 60.7 Å². The van der Waals surface area contributed by atoms with Gasteiger partial charge >= 0.3 is 17.9 Å². The van der Waals surface area contributed by atoms with Crippen molar-refractivity contribution in [1.29, 1.82) is 0 Å². The van der Waals surface area contributed by atoms with E-state index in [1.807, 2.05) is 0 Å². The molecule has 0 spiro atoms. The zero-order chi connectivity index (χ0) is 26.7. The summed E-state index contributed by atoms with van der Waals surface area (Å²) in [6, 6.07) is 8.91. The van der Waals surface area contributed by atoms with Crippen LogP contribution < -0.4 is 14.2 Å². The highest BCUT2D eigenvalue weighted by atomic mass is 19.1. The van der Waals surface area contributed by atoms with E-state index in [9.17, 15) is 14.4 Å². The van der Waals surface area contributed by atoms with Gasteiger partial charge in [-0.25, -0.2) is 14.0 Å². The Morgan fingerprint density at radius 2 is 1.31 bits per heavy atom. The SMILES string of the molecule is C=C(C)C(=O)OCCOc1cc(F)c(-c2ccc(OC(=O)CC)cc2)cc1OCCOC(=O)C(=C)C. The molecule has 0 aliphatic rings. The van der Waals surface area contributed by atoms with E-state index < -0.39 is 17.8 Å². The average Bonchev–Trinajstić information content (AvgIpc) is 2.85. The molecule has 0 heterocycles. The van der Waals surface area contributed by atoms with Crippen molar-refractivity contribution in [2.75, 3.05) is 26.4 Å². The maximum Gasteiger partial charge on any atom is 0.333 e. The normalized spacial score (nSPS) is 10.2. The molecule has 0 unspecified atom stereocenters. The molecule has 0 fully saturated rings. The Morgan fingerprint density at radius 1 is 0.806 bits per heavy atom. The van der Waals surface area contributed by atoms with Crippen LogP contribution in [-0.2, 0) is 23.9 Å². The van der Waals surface area contributed by atoms with Crippen molar-refractivity contribution < 1.29 is 42.5 Å². The first kappa shape index (κ1) is 28.1. The highest BCUT2D eigenvalue weighted by Crippen LogP contribution is 2.36. The zero-order valence-electron chi connectivity index (χ0n) is 20.6. The first-order chi connectivity index (χ1) is 17.1. The van der Waals surface area contributed by atoms with Crippen LogP contribution in [0, 0.1) is 5.82 Å². The molecule has 0 aliphatic heterocycles. The maximum absolute atomic E-state index is 15.0. The standard InChI is InChI=1S/C27H29FO8/c1-6-25(29)36-20-9-7-19(8-10-20)21-15-23(32-11-13-34-26(30)17(2)3)24(16-22(21)28)33-12-14-35-27(31)18(4)5/h7-10,15-16H,2,4,6,11-14H2,1,3,5H3. The first-order valence-corrected chi connectivity index (χ1v) is 11.2. The molecular weight excluding hydrogens is 471 g/mol. The molecule has 36 heavy (non-hydrogen) atoms. The molecule has 0 atom stereocenters. The van der Waals surface area contributed by atoms with E-state index in [0.29, 0.717) is 11.3 Å². The van der Waals surface area contributed by atoms with Gasteiger partial charge in [-0.05, 0) is 37.6 Å². The van der Waals surface area contributed by atoms with Gasteiger partial charge in [0.25, 0.3) is 0 Å². The molecule has 9 heteroatoms. The summed E-state index contributed by atoms with van der Waals surface area (Å²) < 4.78 is 41.4. The number of rotatable bonds is 13. The van der Waals surface area contributed by atoms with E-state index in [0.717, 1.165) is 6.07 Å². The third-order valence-electron chi connectivity index (χ3n) is 4.56. The van der Waals surface area contributed by atoms with Crippen LogP contribution in [-0.4, -0.2) is 44.3 Å². The molecule has 0 aromatic heterocycles. The fourth-order valence-corrected chi connectivity index (χ4v) is 2.71. The highest BCUT2D eigenvalue weighted by molar-refractivity contribution is 5.87. The predicted octanol–water partition coefficient (Wildman–Crippen LogP) is 4.80. The van der Waals surface area contributed by atoms with E-state index in [2.05, 4.69) is 13.2 Å². The molecule has 0 radical (unpaired) electrons. The molecule has 2 rings (SSSR count). The predicted molar refractivity (Wildman–Crippen MR) is 130 cm³/mol. The van der Waals surface area contributed by atoms with E-state index in [1.54, 1.807) is 31.2 Å². The van der Waals surface area contributed by atoms with Crippen LogP contribution in [0.25, 0.3) is 11.1 Å². The average molecular weight is 501 g/mol. The van der Waals surface area contributed by atoms with E-state index >= 15 is 4.39 Å². The second-order valence-corrected chi connectivity index (χ2v) is 7.66. The van der Waals surface area contributed by atoms with Gasteiger partial charge in [0.2, 0.25) is 0 Å². The summed E-state index contributed by atoms with van der Waals surface area (Å²) in [7, 11) is 0. The Balaban J connectivity index is 2.20. The van der Waals surface area contributed by atoms with E-state index in [4.69, 9.17) is 23.7 Å². The van der Waals surface area contributed by atoms with Crippen LogP contribution in [0.4, 0.5) is 4.39 Å². The number of hydrogen-bond donors (Lipinski definition) is 0. The summed E-state index contributed by atoms with van der Waals surface area (Å²) in [6.07, 6.45) is 0.229. The quantitative estimate of drug-likeness (QED) is 0.167. The van der Waals surface area contributed by atoms with Gasteiger partial charge in [-0.2, -0.15) is 0 Å². The van der Waals surface area contributed by atoms with Crippen molar-refractivity contribution in [2.24, 2.45) is 0 Å². The number of benzene rings is 2. The first-order valence-electron chi connectivity index (χ1n) is 11.2. The molecule has 0 saturated carbocycles. The Labute approximate surface area is 209 Å². The molecule has 192 valence electrons. The summed E-state index contributed by atoms with van der Waals surface area (Å²) >= 11 is 0. The topological polar surface area (TPSA) is 97.4 Å². The van der Waals surface area contributed by atoms with Gasteiger partial charge in [0.15, 0.2) is 11.5 Å². The summed E-state index contributed by atoms with van der Waals surface area (Å²) in [5.41, 5.74) is 1.21. The lowest BCUT2D eigenvalue weighted by molar-refractivity contribution is -0.140. The van der Waals surface area contributed by atoms with Crippen LogP contribution in [0.2, 0.25) is 0 Å². The zero-order valence-corrected chi connectivity index (χ0v) is 20.6. The van der Waals surface area contributed by atoms with Crippen LogP contribution >= 0.6 is 0 Å². The molecule has 0 saturated heterocycles. The molecule has 8 nitrogen and oxygen atoms in total. The Hall–Kier alpha value is -4.14. The summed E-state index contributed by atoms with van der Waals surface area (Å²) in [6.45, 7) is 11.5. The van der Waals surface area contributed by atoms with Crippen molar-refractivity contribution in [3.05, 3.63) is 66.5 Å². The number of carbonyl (C=O) groups excluding carboxylic acids is 3. The fourth-order valence-electron chi connectivity index (χ4n) is 2.71.